The van der Waals surface area contributed by atoms with E-state index in [9.17, 15) is 10.2 Å². The molecule has 0 amide bonds. The lowest BCUT2D eigenvalue weighted by Gasteiger charge is -2.11. The summed E-state index contributed by atoms with van der Waals surface area (Å²) in [6.45, 7) is -0.412. The van der Waals surface area contributed by atoms with Crippen molar-refractivity contribution in [1.82, 2.24) is 19.9 Å². The standard InChI is InChI=1S/C11H15N5O5/c1-20-10-4-8(15-11(12)16-10)14-9(13-4)7-6(19)5(18)3(2-17)21-7/h3,5-7,17-19H,2H2,1H3,(H3,12,13,14,15,16)/t3-,5-,6+,7?/m1/s1. The summed E-state index contributed by atoms with van der Waals surface area (Å²) in [7, 11) is 1.42. The number of aliphatic hydroxyl groups excluding tert-OH is 3. The third-order valence-corrected chi connectivity index (χ3v) is 3.36. The summed E-state index contributed by atoms with van der Waals surface area (Å²) in [6.07, 6.45) is -4.22. The predicted molar refractivity (Wildman–Crippen MR) is 69.4 cm³/mol. The van der Waals surface area contributed by atoms with Crippen LogP contribution in [0.5, 0.6) is 5.88 Å². The van der Waals surface area contributed by atoms with Gasteiger partial charge >= 0.3 is 0 Å². The third kappa shape index (κ3) is 2.17. The molecule has 10 heteroatoms. The number of ether oxygens (including phenoxy) is 2. The molecule has 1 aliphatic rings. The predicted octanol–water partition coefficient (Wildman–Crippen LogP) is -1.90. The normalized spacial score (nSPS) is 29.1. The molecule has 0 radical (unpaired) electrons. The number of hydrogen-bond acceptors (Lipinski definition) is 9. The van der Waals surface area contributed by atoms with Crippen LogP contribution in [0.2, 0.25) is 0 Å². The molecule has 0 spiro atoms. The van der Waals surface area contributed by atoms with E-state index in [1.165, 1.54) is 7.11 Å². The summed E-state index contributed by atoms with van der Waals surface area (Å²) >= 11 is 0. The molecule has 114 valence electrons. The molecule has 10 nitrogen and oxygen atoms in total. The molecule has 1 saturated heterocycles. The van der Waals surface area contributed by atoms with Crippen molar-refractivity contribution >= 4 is 17.1 Å². The number of nitrogen functional groups attached to an aromatic ring is 1. The first-order valence-electron chi connectivity index (χ1n) is 6.24. The SMILES string of the molecule is COc1nc(N)nc2nc(C3O[C@H](CO)[C@@H](O)[C@@H]3O)[nH]c12. The van der Waals surface area contributed by atoms with Gasteiger partial charge < -0.3 is 35.5 Å². The van der Waals surface area contributed by atoms with Gasteiger partial charge in [0.1, 0.15) is 35.8 Å². The first-order valence-corrected chi connectivity index (χ1v) is 6.24. The van der Waals surface area contributed by atoms with Gasteiger partial charge in [-0.25, -0.2) is 4.98 Å². The molecule has 2 aromatic heterocycles. The number of nitrogens with one attached hydrogen (secondary N) is 1. The zero-order valence-electron chi connectivity index (χ0n) is 11.1. The Morgan fingerprint density at radius 2 is 2.05 bits per heavy atom. The van der Waals surface area contributed by atoms with E-state index in [4.69, 9.17) is 20.3 Å². The number of nitrogens with zero attached hydrogens (tertiary/aromatic N) is 3. The van der Waals surface area contributed by atoms with Crippen molar-refractivity contribution < 1.29 is 24.8 Å². The molecule has 1 unspecified atom stereocenters. The van der Waals surface area contributed by atoms with Crippen LogP contribution in [0.4, 0.5) is 5.95 Å². The Bertz CT molecular complexity index is 662. The first kappa shape index (κ1) is 13.9. The van der Waals surface area contributed by atoms with Gasteiger partial charge in [0, 0.05) is 0 Å². The van der Waals surface area contributed by atoms with Crippen molar-refractivity contribution in [3.63, 3.8) is 0 Å². The van der Waals surface area contributed by atoms with E-state index in [1.807, 2.05) is 0 Å². The largest absolute Gasteiger partial charge is 0.479 e. The maximum atomic E-state index is 9.98. The van der Waals surface area contributed by atoms with Crippen LogP contribution in [0.25, 0.3) is 11.2 Å². The lowest BCUT2D eigenvalue weighted by Crippen LogP contribution is -2.32. The molecule has 0 aromatic carbocycles. The number of anilines is 1. The van der Waals surface area contributed by atoms with E-state index in [1.54, 1.807) is 0 Å². The molecule has 3 rings (SSSR count). The average molecular weight is 297 g/mol. The van der Waals surface area contributed by atoms with Crippen LogP contribution in [-0.2, 0) is 4.74 Å². The van der Waals surface area contributed by atoms with Crippen molar-refractivity contribution in [2.75, 3.05) is 19.5 Å². The van der Waals surface area contributed by atoms with Crippen LogP contribution in [0, 0.1) is 0 Å². The molecule has 0 bridgehead atoms. The maximum absolute atomic E-state index is 9.98. The Balaban J connectivity index is 2.02. The molecule has 3 heterocycles. The lowest BCUT2D eigenvalue weighted by molar-refractivity contribution is -0.0249. The summed E-state index contributed by atoms with van der Waals surface area (Å²) in [5, 5.41) is 28.8. The van der Waals surface area contributed by atoms with Crippen LogP contribution in [0.1, 0.15) is 11.9 Å². The zero-order chi connectivity index (χ0) is 15.1. The minimum atomic E-state index is -1.22. The van der Waals surface area contributed by atoms with Crippen LogP contribution in [0.3, 0.4) is 0 Å². The molecule has 4 atom stereocenters. The summed E-state index contributed by atoms with van der Waals surface area (Å²) in [4.78, 5) is 14.9. The zero-order valence-corrected chi connectivity index (χ0v) is 11.1. The Morgan fingerprint density at radius 3 is 2.67 bits per heavy atom. The van der Waals surface area contributed by atoms with Gasteiger partial charge in [-0.3, -0.25) is 0 Å². The minimum absolute atomic E-state index is 0.00133. The summed E-state index contributed by atoms with van der Waals surface area (Å²) < 4.78 is 10.5. The first-order chi connectivity index (χ1) is 10.0. The summed E-state index contributed by atoms with van der Waals surface area (Å²) in [6, 6.07) is 0. The van der Waals surface area contributed by atoms with Crippen molar-refractivity contribution in [3.05, 3.63) is 5.82 Å². The van der Waals surface area contributed by atoms with Crippen LogP contribution in [0.15, 0.2) is 0 Å². The molecular weight excluding hydrogens is 282 g/mol. The fourth-order valence-corrected chi connectivity index (χ4v) is 2.31. The molecule has 2 aromatic rings. The summed E-state index contributed by atoms with van der Waals surface area (Å²) in [5.74, 6) is 0.451. The van der Waals surface area contributed by atoms with E-state index >= 15 is 0 Å². The number of fused-ring (bicyclic) bond motifs is 1. The molecular formula is C11H15N5O5. The lowest BCUT2D eigenvalue weighted by atomic mass is 10.1. The Kier molecular flexibility index (Phi) is 3.37. The van der Waals surface area contributed by atoms with E-state index < -0.39 is 31.0 Å². The Labute approximate surface area is 118 Å². The van der Waals surface area contributed by atoms with Gasteiger partial charge in [-0.1, -0.05) is 0 Å². The van der Waals surface area contributed by atoms with Gasteiger partial charge in [0.25, 0.3) is 0 Å². The maximum Gasteiger partial charge on any atom is 0.244 e. The van der Waals surface area contributed by atoms with Gasteiger partial charge in [0.2, 0.25) is 11.8 Å². The Morgan fingerprint density at radius 1 is 1.29 bits per heavy atom. The number of rotatable bonds is 3. The third-order valence-electron chi connectivity index (χ3n) is 3.36. The monoisotopic (exact) mass is 297 g/mol. The van der Waals surface area contributed by atoms with Gasteiger partial charge in [-0.05, 0) is 0 Å². The van der Waals surface area contributed by atoms with Gasteiger partial charge in [-0.15, -0.1) is 0 Å². The number of methoxy groups -OCH3 is 1. The molecule has 1 aliphatic heterocycles. The second-order valence-corrected chi connectivity index (χ2v) is 4.67. The quantitative estimate of drug-likeness (QED) is 0.436. The average Bonchev–Trinajstić information content (AvgIpc) is 3.00. The van der Waals surface area contributed by atoms with Crippen molar-refractivity contribution in [2.24, 2.45) is 0 Å². The number of nitrogens with two attached hydrogens (primary N) is 1. The fourth-order valence-electron chi connectivity index (χ4n) is 2.31. The molecule has 6 N–H and O–H groups in total. The second kappa shape index (κ2) is 5.07. The van der Waals surface area contributed by atoms with Gasteiger partial charge in [0.05, 0.1) is 13.7 Å². The van der Waals surface area contributed by atoms with Crippen molar-refractivity contribution in [1.29, 1.82) is 0 Å². The number of aromatic nitrogens is 4. The molecule has 21 heavy (non-hydrogen) atoms. The van der Waals surface area contributed by atoms with E-state index in [-0.39, 0.29) is 23.3 Å². The van der Waals surface area contributed by atoms with Crippen LogP contribution in [-0.4, -0.2) is 67.3 Å². The topological polar surface area (TPSA) is 160 Å². The number of imidazole rings is 1. The highest BCUT2D eigenvalue weighted by molar-refractivity contribution is 5.77. The minimum Gasteiger partial charge on any atom is -0.479 e. The van der Waals surface area contributed by atoms with Crippen LogP contribution >= 0.6 is 0 Å². The highest BCUT2D eigenvalue weighted by Crippen LogP contribution is 2.33. The summed E-state index contributed by atoms with van der Waals surface area (Å²) in [5.41, 5.74) is 6.20. The van der Waals surface area contributed by atoms with Gasteiger partial charge in [-0.2, -0.15) is 9.97 Å². The Hall–Kier alpha value is -2.01. The number of aliphatic hydroxyl groups is 3. The van der Waals surface area contributed by atoms with Gasteiger partial charge in [0.15, 0.2) is 5.65 Å². The number of H-pyrrole nitrogens is 1. The fraction of sp³-hybridized carbons (Fsp3) is 0.545. The highest BCUT2D eigenvalue weighted by atomic mass is 16.6. The van der Waals surface area contributed by atoms with Crippen molar-refractivity contribution in [2.45, 2.75) is 24.4 Å². The highest BCUT2D eigenvalue weighted by Gasteiger charge is 2.44. The molecule has 0 aliphatic carbocycles. The number of aromatic amines is 1. The molecule has 0 saturated carbocycles. The number of hydrogen-bond donors (Lipinski definition) is 5. The molecule has 1 fully saturated rings. The van der Waals surface area contributed by atoms with Crippen molar-refractivity contribution in [3.8, 4) is 5.88 Å². The van der Waals surface area contributed by atoms with Crippen LogP contribution < -0.4 is 10.5 Å². The van der Waals surface area contributed by atoms with E-state index in [0.29, 0.717) is 5.52 Å². The van der Waals surface area contributed by atoms with E-state index in [2.05, 4.69) is 19.9 Å². The van der Waals surface area contributed by atoms with E-state index in [0.717, 1.165) is 0 Å². The second-order valence-electron chi connectivity index (χ2n) is 4.67. The smallest absolute Gasteiger partial charge is 0.244 e.